The lowest BCUT2D eigenvalue weighted by Crippen LogP contribution is -2.10. The molecule has 9 nitrogen and oxygen atoms in total. The maximum Gasteiger partial charge on any atom is 0.204 e. The van der Waals surface area contributed by atoms with Crippen LogP contribution in [0.2, 0.25) is 0 Å². The Bertz CT molecular complexity index is 1400. The van der Waals surface area contributed by atoms with Gasteiger partial charge in [0.2, 0.25) is 5.75 Å². The Balaban J connectivity index is 1.99. The third-order valence-corrected chi connectivity index (χ3v) is 5.66. The van der Waals surface area contributed by atoms with Crippen molar-refractivity contribution in [3.05, 3.63) is 69.6 Å². The van der Waals surface area contributed by atoms with E-state index in [-0.39, 0.29) is 71.3 Å². The summed E-state index contributed by atoms with van der Waals surface area (Å²) in [5, 5.41) is 30.1. The quantitative estimate of drug-likeness (QED) is 0.200. The number of hydrogen-bond donors (Lipinski definition) is 4. The molecule has 182 valence electrons. The number of hydrogen-bond acceptors (Lipinski definition) is 8. The molecule has 2 aromatic heterocycles. The van der Waals surface area contributed by atoms with Gasteiger partial charge in [0.05, 0.1) is 13.7 Å². The van der Waals surface area contributed by atoms with Gasteiger partial charge in [0.1, 0.15) is 28.8 Å². The van der Waals surface area contributed by atoms with Crippen LogP contribution in [0.5, 0.6) is 23.0 Å². The lowest BCUT2D eigenvalue weighted by Gasteiger charge is -2.18. The Kier molecular flexibility index (Phi) is 7.07. The highest BCUT2D eigenvalue weighted by Crippen LogP contribution is 2.46. The summed E-state index contributed by atoms with van der Waals surface area (Å²) in [5.41, 5.74) is 2.00. The fourth-order valence-corrected chi connectivity index (χ4v) is 3.95. The van der Waals surface area contributed by atoms with Gasteiger partial charge in [-0.25, -0.2) is 0 Å². The van der Waals surface area contributed by atoms with Crippen LogP contribution < -0.4 is 14.9 Å². The van der Waals surface area contributed by atoms with Gasteiger partial charge in [0, 0.05) is 55.5 Å². The zero-order chi connectivity index (χ0) is 24.9. The van der Waals surface area contributed by atoms with E-state index in [2.05, 4.69) is 4.98 Å². The summed E-state index contributed by atoms with van der Waals surface area (Å²) >= 11 is 0. The molecular weight excluding hydrogens is 454 g/mol. The Hall–Kier alpha value is -4.24. The van der Waals surface area contributed by atoms with E-state index in [1.165, 1.54) is 25.3 Å². The van der Waals surface area contributed by atoms with Crippen LogP contribution in [0.1, 0.15) is 23.1 Å². The largest absolute Gasteiger partial charge is 0.508 e. The molecule has 0 aliphatic heterocycles. The number of H-pyrrole nitrogens is 1. The molecule has 0 bridgehead atoms. The van der Waals surface area contributed by atoms with Gasteiger partial charge in [-0.3, -0.25) is 4.79 Å². The molecule has 0 atom stereocenters. The van der Waals surface area contributed by atoms with Crippen molar-refractivity contribution >= 4 is 17.3 Å². The molecule has 35 heavy (non-hydrogen) atoms. The number of aldehydes is 1. The predicted molar refractivity (Wildman–Crippen MR) is 128 cm³/mol. The minimum absolute atomic E-state index is 0.0189. The van der Waals surface area contributed by atoms with Gasteiger partial charge in [-0.2, -0.15) is 0 Å². The van der Waals surface area contributed by atoms with E-state index in [1.54, 1.807) is 24.5 Å². The number of aromatic amines is 1. The second-order valence-electron chi connectivity index (χ2n) is 7.89. The molecule has 0 aliphatic rings. The van der Waals surface area contributed by atoms with Crippen LogP contribution in [0.15, 0.2) is 51.9 Å². The van der Waals surface area contributed by atoms with Gasteiger partial charge >= 0.3 is 0 Å². The number of rotatable bonds is 10. The number of phenols is 2. The molecule has 0 aliphatic carbocycles. The monoisotopic (exact) mass is 479 g/mol. The summed E-state index contributed by atoms with van der Waals surface area (Å²) in [6, 6.07) is 7.47. The van der Waals surface area contributed by atoms with Crippen LogP contribution in [0.3, 0.4) is 0 Å². The minimum atomic E-state index is -0.421. The number of aliphatic hydroxyl groups is 1. The number of nitrogens with one attached hydrogen (secondary N) is 1. The Morgan fingerprint density at radius 3 is 2.51 bits per heavy atom. The highest BCUT2D eigenvalue weighted by Gasteiger charge is 2.26. The standard InChI is InChI=1S/C26H25NO8/c1-33-26-23(32)19(11-17-14-27-13-16(17)7-9-29)24-22(25(26)34-10-2-8-28)20(31)12-21(35-24)15-3-5-18(30)6-4-15/h3-6,9,12-14,27-28,30,32H,2,7-8,10-11H2,1H3. The fraction of sp³-hybridized carbons (Fsp3) is 0.231. The molecule has 0 radical (unpaired) electrons. The summed E-state index contributed by atoms with van der Waals surface area (Å²) in [6.45, 7) is -0.0296. The third kappa shape index (κ3) is 4.71. The summed E-state index contributed by atoms with van der Waals surface area (Å²) in [4.78, 5) is 27.4. The second-order valence-corrected chi connectivity index (χ2v) is 7.89. The molecule has 0 saturated heterocycles. The van der Waals surface area contributed by atoms with Crippen LogP contribution in [0, 0.1) is 0 Å². The predicted octanol–water partition coefficient (Wildman–Crippen LogP) is 3.30. The number of methoxy groups -OCH3 is 1. The first kappa shape index (κ1) is 23.9. The normalized spacial score (nSPS) is 11.0. The van der Waals surface area contributed by atoms with E-state index in [1.807, 2.05) is 0 Å². The number of aromatic hydroxyl groups is 2. The molecule has 4 rings (SSSR count). The van der Waals surface area contributed by atoms with Crippen LogP contribution in [0.4, 0.5) is 0 Å². The molecule has 4 N–H and O–H groups in total. The Morgan fingerprint density at radius 2 is 1.83 bits per heavy atom. The van der Waals surface area contributed by atoms with Crippen molar-refractivity contribution in [3.8, 4) is 34.3 Å². The summed E-state index contributed by atoms with van der Waals surface area (Å²) in [6.07, 6.45) is 4.83. The maximum absolute atomic E-state index is 13.4. The first-order valence-electron chi connectivity index (χ1n) is 11.0. The van der Waals surface area contributed by atoms with Gasteiger partial charge in [-0.05, 0) is 35.4 Å². The van der Waals surface area contributed by atoms with Gasteiger partial charge < -0.3 is 39.0 Å². The van der Waals surface area contributed by atoms with E-state index in [0.29, 0.717) is 12.0 Å². The molecule has 0 amide bonds. The summed E-state index contributed by atoms with van der Waals surface area (Å²) in [7, 11) is 1.35. The maximum atomic E-state index is 13.4. The molecule has 2 aromatic carbocycles. The van der Waals surface area contributed by atoms with Crippen molar-refractivity contribution < 1.29 is 34.0 Å². The fourth-order valence-electron chi connectivity index (χ4n) is 3.95. The number of fused-ring (bicyclic) bond motifs is 1. The van der Waals surface area contributed by atoms with Crippen molar-refractivity contribution in [2.75, 3.05) is 20.3 Å². The topological polar surface area (TPSA) is 142 Å². The lowest BCUT2D eigenvalue weighted by atomic mass is 9.98. The first-order chi connectivity index (χ1) is 17.0. The number of phenolic OH excluding ortho intramolecular Hbond substituents is 2. The number of benzene rings is 2. The van der Waals surface area contributed by atoms with Crippen molar-refractivity contribution in [2.45, 2.75) is 19.3 Å². The van der Waals surface area contributed by atoms with Crippen molar-refractivity contribution in [3.63, 3.8) is 0 Å². The molecule has 0 fully saturated rings. The van der Waals surface area contributed by atoms with Crippen LogP contribution in [0.25, 0.3) is 22.3 Å². The SMILES string of the molecule is COc1c(O)c(Cc2c[nH]cc2CC=O)c2oc(-c3ccc(O)cc3)cc(=O)c2c1OCCCO. The Morgan fingerprint density at radius 1 is 1.09 bits per heavy atom. The minimum Gasteiger partial charge on any atom is -0.508 e. The number of carbonyl (C=O) groups is 1. The highest BCUT2D eigenvalue weighted by molar-refractivity contribution is 5.93. The van der Waals surface area contributed by atoms with Crippen molar-refractivity contribution in [1.82, 2.24) is 4.98 Å². The average molecular weight is 479 g/mol. The zero-order valence-corrected chi connectivity index (χ0v) is 19.0. The van der Waals surface area contributed by atoms with Gasteiger partial charge in [-0.1, -0.05) is 0 Å². The van der Waals surface area contributed by atoms with E-state index >= 15 is 0 Å². The van der Waals surface area contributed by atoms with Gasteiger partial charge in [-0.15, -0.1) is 0 Å². The van der Waals surface area contributed by atoms with Crippen LogP contribution in [-0.4, -0.2) is 46.9 Å². The third-order valence-electron chi connectivity index (χ3n) is 5.66. The zero-order valence-electron chi connectivity index (χ0n) is 19.0. The molecule has 2 heterocycles. The molecule has 0 spiro atoms. The average Bonchev–Trinajstić information content (AvgIpc) is 3.28. The Labute approximate surface area is 200 Å². The van der Waals surface area contributed by atoms with Crippen LogP contribution >= 0.6 is 0 Å². The highest BCUT2D eigenvalue weighted by atomic mass is 16.5. The first-order valence-corrected chi connectivity index (χ1v) is 11.0. The molecular formula is C26H25NO8. The van der Waals surface area contributed by atoms with Crippen molar-refractivity contribution in [2.24, 2.45) is 0 Å². The molecule has 0 unspecified atom stereocenters. The number of carbonyl (C=O) groups excluding carboxylic acids is 1. The second kappa shape index (κ2) is 10.4. The van der Waals surface area contributed by atoms with Crippen molar-refractivity contribution in [1.29, 1.82) is 0 Å². The number of ether oxygens (including phenoxy) is 2. The van der Waals surface area contributed by atoms with E-state index < -0.39 is 5.43 Å². The number of aliphatic hydroxyl groups excluding tert-OH is 1. The molecule has 9 heteroatoms. The summed E-state index contributed by atoms with van der Waals surface area (Å²) in [5.74, 6) is 0.0303. The molecule has 0 saturated carbocycles. The van der Waals surface area contributed by atoms with E-state index in [0.717, 1.165) is 17.4 Å². The van der Waals surface area contributed by atoms with Gasteiger partial charge in [0.25, 0.3) is 0 Å². The molecule has 4 aromatic rings. The lowest BCUT2D eigenvalue weighted by molar-refractivity contribution is -0.107. The van der Waals surface area contributed by atoms with E-state index in [4.69, 9.17) is 19.0 Å². The number of aromatic nitrogens is 1. The van der Waals surface area contributed by atoms with Crippen LogP contribution in [-0.2, 0) is 17.6 Å². The van der Waals surface area contributed by atoms with E-state index in [9.17, 15) is 19.8 Å². The summed E-state index contributed by atoms with van der Waals surface area (Å²) < 4.78 is 17.4. The smallest absolute Gasteiger partial charge is 0.204 e. The van der Waals surface area contributed by atoms with Gasteiger partial charge in [0.15, 0.2) is 16.9 Å².